The summed E-state index contributed by atoms with van der Waals surface area (Å²) in [5.74, 6) is 0.668. The van der Waals surface area contributed by atoms with Gasteiger partial charge in [0.25, 0.3) is 0 Å². The molecule has 1 aromatic carbocycles. The van der Waals surface area contributed by atoms with E-state index in [-0.39, 0.29) is 0 Å². The summed E-state index contributed by atoms with van der Waals surface area (Å²) in [6.07, 6.45) is 3.42. The zero-order valence-corrected chi connectivity index (χ0v) is 9.20. The summed E-state index contributed by atoms with van der Waals surface area (Å²) in [5.41, 5.74) is 2.68. The summed E-state index contributed by atoms with van der Waals surface area (Å²) in [6.45, 7) is 0. The lowest BCUT2D eigenvalue weighted by molar-refractivity contribution is 0.582. The Bertz CT molecular complexity index is 450. The maximum Gasteiger partial charge on any atom is 0.0787 e. The molecule has 2 aromatic rings. The van der Waals surface area contributed by atoms with Crippen molar-refractivity contribution >= 4 is 11.5 Å². The number of benzene rings is 1. The van der Waals surface area contributed by atoms with Crippen LogP contribution < -0.4 is 0 Å². The molecule has 0 amide bonds. The van der Waals surface area contributed by atoms with E-state index in [2.05, 4.69) is 39.9 Å². The highest BCUT2D eigenvalue weighted by Crippen LogP contribution is 2.32. The lowest BCUT2D eigenvalue weighted by Gasteiger charge is -2.20. The largest absolute Gasteiger partial charge is 0.143 e. The fourth-order valence-electron chi connectivity index (χ4n) is 2.22. The summed E-state index contributed by atoms with van der Waals surface area (Å²) in [5, 5.41) is 4.15. The first-order valence-corrected chi connectivity index (χ1v) is 6.06. The van der Waals surface area contributed by atoms with E-state index in [0.29, 0.717) is 5.92 Å². The lowest BCUT2D eigenvalue weighted by Crippen LogP contribution is -2.11. The van der Waals surface area contributed by atoms with E-state index in [0.717, 1.165) is 12.8 Å². The van der Waals surface area contributed by atoms with Gasteiger partial charge >= 0.3 is 0 Å². The third kappa shape index (κ3) is 1.67. The normalized spacial score (nSPS) is 19.9. The molecule has 0 radical (unpaired) electrons. The molecule has 3 heteroatoms. The molecule has 1 atom stereocenters. The Labute approximate surface area is 93.1 Å². The van der Waals surface area contributed by atoms with Crippen molar-refractivity contribution in [1.29, 1.82) is 0 Å². The lowest BCUT2D eigenvalue weighted by atomic mass is 9.86. The summed E-state index contributed by atoms with van der Waals surface area (Å²) in [4.78, 5) is 1.38. The van der Waals surface area contributed by atoms with Crippen LogP contribution in [0.15, 0.2) is 30.3 Å². The SMILES string of the molecule is c1ccc(C2CCc3nnsc3C2)cc1. The molecule has 76 valence electrons. The van der Waals surface area contributed by atoms with Gasteiger partial charge in [-0.2, -0.15) is 0 Å². The van der Waals surface area contributed by atoms with Gasteiger partial charge in [-0.25, -0.2) is 0 Å². The topological polar surface area (TPSA) is 25.8 Å². The van der Waals surface area contributed by atoms with Crippen molar-refractivity contribution in [3.63, 3.8) is 0 Å². The van der Waals surface area contributed by atoms with Crippen molar-refractivity contribution in [3.8, 4) is 0 Å². The molecule has 0 saturated carbocycles. The van der Waals surface area contributed by atoms with Crippen LogP contribution in [0.25, 0.3) is 0 Å². The first kappa shape index (κ1) is 9.04. The second kappa shape index (κ2) is 3.74. The van der Waals surface area contributed by atoms with Crippen LogP contribution in [0.1, 0.15) is 28.5 Å². The van der Waals surface area contributed by atoms with Crippen molar-refractivity contribution in [1.82, 2.24) is 9.59 Å². The number of aromatic nitrogens is 2. The Balaban J connectivity index is 1.88. The second-order valence-corrected chi connectivity index (χ2v) is 4.83. The van der Waals surface area contributed by atoms with Crippen molar-refractivity contribution < 1.29 is 0 Å². The summed E-state index contributed by atoms with van der Waals surface area (Å²) in [6, 6.07) is 10.8. The van der Waals surface area contributed by atoms with Gasteiger partial charge in [-0.3, -0.25) is 0 Å². The minimum Gasteiger partial charge on any atom is -0.143 e. The fraction of sp³-hybridized carbons (Fsp3) is 0.333. The Morgan fingerprint density at radius 1 is 1.20 bits per heavy atom. The number of hydrogen-bond donors (Lipinski definition) is 0. The number of aryl methyl sites for hydroxylation is 1. The van der Waals surface area contributed by atoms with Gasteiger partial charge in [-0.15, -0.1) is 5.10 Å². The quantitative estimate of drug-likeness (QED) is 0.732. The summed E-state index contributed by atoms with van der Waals surface area (Å²) < 4.78 is 4.02. The van der Waals surface area contributed by atoms with Gasteiger partial charge in [0, 0.05) is 4.88 Å². The summed E-state index contributed by atoms with van der Waals surface area (Å²) in [7, 11) is 0. The van der Waals surface area contributed by atoms with Gasteiger partial charge < -0.3 is 0 Å². The molecule has 1 unspecified atom stereocenters. The van der Waals surface area contributed by atoms with E-state index in [4.69, 9.17) is 0 Å². The molecule has 0 N–H and O–H groups in total. The van der Waals surface area contributed by atoms with Crippen LogP contribution in [0.2, 0.25) is 0 Å². The highest BCUT2D eigenvalue weighted by atomic mass is 32.1. The Morgan fingerprint density at radius 2 is 2.07 bits per heavy atom. The molecule has 1 heterocycles. The number of nitrogens with zero attached hydrogens (tertiary/aromatic N) is 2. The molecule has 0 spiro atoms. The van der Waals surface area contributed by atoms with Crippen LogP contribution in [-0.2, 0) is 12.8 Å². The predicted octanol–water partition coefficient (Wildman–Crippen LogP) is 2.81. The van der Waals surface area contributed by atoms with Gasteiger partial charge in [-0.05, 0) is 42.3 Å². The van der Waals surface area contributed by atoms with Crippen LogP contribution in [0, 0.1) is 0 Å². The van der Waals surface area contributed by atoms with Crippen molar-refractivity contribution in [2.45, 2.75) is 25.2 Å². The standard InChI is InChI=1S/C12H12N2S/c1-2-4-9(5-3-1)10-6-7-11-12(8-10)15-14-13-11/h1-5,10H,6-8H2. The van der Waals surface area contributed by atoms with Crippen LogP contribution in [0.4, 0.5) is 0 Å². The molecule has 1 aliphatic rings. The first-order valence-electron chi connectivity index (χ1n) is 5.28. The van der Waals surface area contributed by atoms with Gasteiger partial charge in [0.1, 0.15) is 0 Å². The maximum atomic E-state index is 4.15. The zero-order chi connectivity index (χ0) is 10.1. The molecule has 0 saturated heterocycles. The monoisotopic (exact) mass is 216 g/mol. The van der Waals surface area contributed by atoms with E-state index < -0.39 is 0 Å². The number of hydrogen-bond acceptors (Lipinski definition) is 3. The van der Waals surface area contributed by atoms with E-state index in [1.54, 1.807) is 11.5 Å². The second-order valence-electron chi connectivity index (χ2n) is 3.99. The predicted molar refractivity (Wildman–Crippen MR) is 61.1 cm³/mol. The third-order valence-corrected chi connectivity index (χ3v) is 3.85. The Kier molecular flexibility index (Phi) is 2.25. The molecule has 15 heavy (non-hydrogen) atoms. The molecule has 1 aliphatic carbocycles. The van der Waals surface area contributed by atoms with E-state index in [1.807, 2.05) is 0 Å². The van der Waals surface area contributed by atoms with Crippen molar-refractivity contribution in [2.24, 2.45) is 0 Å². The molecule has 0 aliphatic heterocycles. The minimum atomic E-state index is 0.668. The van der Waals surface area contributed by atoms with Crippen molar-refractivity contribution in [2.75, 3.05) is 0 Å². The zero-order valence-electron chi connectivity index (χ0n) is 8.39. The molecule has 1 aromatic heterocycles. The van der Waals surface area contributed by atoms with Crippen LogP contribution >= 0.6 is 11.5 Å². The molecule has 0 bridgehead atoms. The molecule has 3 rings (SSSR count). The van der Waals surface area contributed by atoms with Crippen molar-refractivity contribution in [3.05, 3.63) is 46.5 Å². The van der Waals surface area contributed by atoms with Gasteiger partial charge in [0.15, 0.2) is 0 Å². The fourth-order valence-corrected chi connectivity index (χ4v) is 2.98. The average molecular weight is 216 g/mol. The van der Waals surface area contributed by atoms with Crippen LogP contribution in [0.3, 0.4) is 0 Å². The Morgan fingerprint density at radius 3 is 2.93 bits per heavy atom. The molecule has 2 nitrogen and oxygen atoms in total. The van der Waals surface area contributed by atoms with E-state index in [9.17, 15) is 0 Å². The average Bonchev–Trinajstić information content (AvgIpc) is 2.77. The van der Waals surface area contributed by atoms with Gasteiger partial charge in [0.2, 0.25) is 0 Å². The van der Waals surface area contributed by atoms with Gasteiger partial charge in [0.05, 0.1) is 5.69 Å². The minimum absolute atomic E-state index is 0.668. The third-order valence-electron chi connectivity index (χ3n) is 3.07. The molecular weight excluding hydrogens is 204 g/mol. The number of fused-ring (bicyclic) bond motifs is 1. The Hall–Kier alpha value is -1.22. The van der Waals surface area contributed by atoms with Crippen LogP contribution in [-0.4, -0.2) is 9.59 Å². The molecule has 0 fully saturated rings. The molecular formula is C12H12N2S. The van der Waals surface area contributed by atoms with E-state index in [1.165, 1.54) is 22.6 Å². The first-order chi connectivity index (χ1) is 7.43. The highest BCUT2D eigenvalue weighted by Gasteiger charge is 2.22. The highest BCUT2D eigenvalue weighted by molar-refractivity contribution is 7.05. The smallest absolute Gasteiger partial charge is 0.0787 e. The number of rotatable bonds is 1. The van der Waals surface area contributed by atoms with Crippen LogP contribution in [0.5, 0.6) is 0 Å². The van der Waals surface area contributed by atoms with E-state index >= 15 is 0 Å². The van der Waals surface area contributed by atoms with Gasteiger partial charge in [-0.1, -0.05) is 34.8 Å². The summed E-state index contributed by atoms with van der Waals surface area (Å²) >= 11 is 1.56. The maximum absolute atomic E-state index is 4.15.